The van der Waals surface area contributed by atoms with Crippen molar-refractivity contribution in [3.05, 3.63) is 53.7 Å². The first-order chi connectivity index (χ1) is 15.3. The lowest BCUT2D eigenvalue weighted by molar-refractivity contribution is -0.137. The molecule has 2 aromatic rings. The number of carbonyl (C=O) groups is 1. The number of pyridine rings is 1. The highest BCUT2D eigenvalue weighted by molar-refractivity contribution is 5.92. The number of nitriles is 1. The first-order valence-electron chi connectivity index (χ1n) is 9.75. The van der Waals surface area contributed by atoms with Gasteiger partial charge in [-0.1, -0.05) is 6.07 Å². The zero-order chi connectivity index (χ0) is 23.1. The Hall–Kier alpha value is -3.74. The minimum Gasteiger partial charge on any atom is -0.493 e. The number of carbonyl (C=O) groups excluding carboxylic acids is 1. The molecule has 0 N–H and O–H groups in total. The van der Waals surface area contributed by atoms with Gasteiger partial charge in [0.15, 0.2) is 18.1 Å². The monoisotopic (exact) mass is 446 g/mol. The smallest absolute Gasteiger partial charge is 0.417 e. The Labute approximate surface area is 183 Å². The average molecular weight is 446 g/mol. The van der Waals surface area contributed by atoms with E-state index in [1.807, 2.05) is 11.0 Å². The standard InChI is InChI=1S/C22H21F3N4O3/c1-31-19-14-16(2-5-18(19)32-13-8-26)3-7-21(30)29-11-9-28(10-12-29)20-6-4-17(15-27-20)22(23,24)25/h2-7,14-15H,9-13H2,1H3. The van der Waals surface area contributed by atoms with Gasteiger partial charge >= 0.3 is 6.18 Å². The number of benzene rings is 1. The Morgan fingerprint density at radius 1 is 1.19 bits per heavy atom. The second-order valence-corrected chi connectivity index (χ2v) is 6.91. The minimum absolute atomic E-state index is 0.0992. The number of halogens is 3. The van der Waals surface area contributed by atoms with Crippen molar-refractivity contribution in [1.82, 2.24) is 9.88 Å². The summed E-state index contributed by atoms with van der Waals surface area (Å²) in [5, 5.41) is 8.62. The lowest BCUT2D eigenvalue weighted by atomic mass is 10.2. The average Bonchev–Trinajstić information content (AvgIpc) is 2.81. The molecule has 32 heavy (non-hydrogen) atoms. The van der Waals surface area contributed by atoms with Crippen LogP contribution >= 0.6 is 0 Å². The van der Waals surface area contributed by atoms with E-state index in [4.69, 9.17) is 14.7 Å². The number of alkyl halides is 3. The molecule has 1 fully saturated rings. The van der Waals surface area contributed by atoms with Crippen molar-refractivity contribution in [1.29, 1.82) is 5.26 Å². The van der Waals surface area contributed by atoms with Crippen LogP contribution in [0.5, 0.6) is 11.5 Å². The summed E-state index contributed by atoms with van der Waals surface area (Å²) in [6.45, 7) is 1.69. The van der Waals surface area contributed by atoms with Gasteiger partial charge < -0.3 is 19.3 Å². The van der Waals surface area contributed by atoms with E-state index in [1.165, 1.54) is 19.3 Å². The molecule has 7 nitrogen and oxygen atoms in total. The fraction of sp³-hybridized carbons (Fsp3) is 0.318. The van der Waals surface area contributed by atoms with E-state index in [9.17, 15) is 18.0 Å². The molecule has 1 aliphatic heterocycles. The summed E-state index contributed by atoms with van der Waals surface area (Å²) < 4.78 is 48.6. The minimum atomic E-state index is -4.42. The third kappa shape index (κ3) is 5.69. The molecule has 0 bridgehead atoms. The summed E-state index contributed by atoms with van der Waals surface area (Å²) in [5.41, 5.74) is -0.0615. The van der Waals surface area contributed by atoms with Crippen molar-refractivity contribution < 1.29 is 27.4 Å². The highest BCUT2D eigenvalue weighted by Gasteiger charge is 2.31. The lowest BCUT2D eigenvalue weighted by Gasteiger charge is -2.35. The number of hydrogen-bond acceptors (Lipinski definition) is 6. The van der Waals surface area contributed by atoms with Gasteiger partial charge in [-0.25, -0.2) is 4.98 Å². The number of methoxy groups -OCH3 is 1. The SMILES string of the molecule is COc1cc(C=CC(=O)N2CCN(c3ccc(C(F)(F)F)cn3)CC2)ccc1OCC#N. The van der Waals surface area contributed by atoms with Crippen LogP contribution in [-0.2, 0) is 11.0 Å². The summed E-state index contributed by atoms with van der Waals surface area (Å²) in [4.78, 5) is 19.9. The van der Waals surface area contributed by atoms with Crippen LogP contribution in [0.15, 0.2) is 42.6 Å². The van der Waals surface area contributed by atoms with Crippen molar-refractivity contribution in [3.8, 4) is 17.6 Å². The Morgan fingerprint density at radius 2 is 1.94 bits per heavy atom. The largest absolute Gasteiger partial charge is 0.493 e. The third-order valence-corrected chi connectivity index (χ3v) is 4.89. The molecule has 1 aliphatic rings. The predicted molar refractivity (Wildman–Crippen MR) is 111 cm³/mol. The number of hydrogen-bond donors (Lipinski definition) is 0. The molecular formula is C22H21F3N4O3. The highest BCUT2D eigenvalue weighted by Crippen LogP contribution is 2.30. The summed E-state index contributed by atoms with van der Waals surface area (Å²) >= 11 is 0. The van der Waals surface area contributed by atoms with E-state index in [0.717, 1.165) is 17.8 Å². The van der Waals surface area contributed by atoms with Crippen molar-refractivity contribution in [2.75, 3.05) is 44.8 Å². The topological polar surface area (TPSA) is 78.7 Å². The molecule has 1 aromatic heterocycles. The van der Waals surface area contributed by atoms with Gasteiger partial charge in [-0.05, 0) is 35.9 Å². The first kappa shape index (κ1) is 22.9. The van der Waals surface area contributed by atoms with E-state index in [1.54, 1.807) is 29.2 Å². The van der Waals surface area contributed by atoms with Gasteiger partial charge in [0.1, 0.15) is 11.9 Å². The Balaban J connectivity index is 1.56. The van der Waals surface area contributed by atoms with Crippen LogP contribution in [0.3, 0.4) is 0 Å². The number of anilines is 1. The van der Waals surface area contributed by atoms with Gasteiger partial charge in [-0.3, -0.25) is 4.79 Å². The molecular weight excluding hydrogens is 425 g/mol. The number of rotatable bonds is 6. The zero-order valence-electron chi connectivity index (χ0n) is 17.3. The molecule has 2 heterocycles. The third-order valence-electron chi connectivity index (χ3n) is 4.89. The first-order valence-corrected chi connectivity index (χ1v) is 9.75. The van der Waals surface area contributed by atoms with Crippen molar-refractivity contribution in [2.45, 2.75) is 6.18 Å². The fourth-order valence-corrected chi connectivity index (χ4v) is 3.19. The molecule has 0 saturated carbocycles. The van der Waals surface area contributed by atoms with Crippen LogP contribution in [0.4, 0.5) is 19.0 Å². The van der Waals surface area contributed by atoms with Crippen LogP contribution in [0.2, 0.25) is 0 Å². The van der Waals surface area contributed by atoms with E-state index in [0.29, 0.717) is 43.5 Å². The second-order valence-electron chi connectivity index (χ2n) is 6.91. The molecule has 3 rings (SSSR count). The van der Waals surface area contributed by atoms with Gasteiger partial charge in [-0.15, -0.1) is 0 Å². The van der Waals surface area contributed by atoms with Crippen LogP contribution in [0.25, 0.3) is 6.08 Å². The van der Waals surface area contributed by atoms with Crippen LogP contribution in [0, 0.1) is 11.3 Å². The normalized spacial score (nSPS) is 14.3. The summed E-state index contributed by atoms with van der Waals surface area (Å²) in [5.74, 6) is 1.17. The number of aromatic nitrogens is 1. The van der Waals surface area contributed by atoms with E-state index >= 15 is 0 Å². The number of ether oxygens (including phenoxy) is 2. The Bertz CT molecular complexity index is 1010. The molecule has 168 valence electrons. The van der Waals surface area contributed by atoms with Gasteiger partial charge in [0.2, 0.25) is 5.91 Å². The van der Waals surface area contributed by atoms with Gasteiger partial charge in [0.25, 0.3) is 0 Å². The second kappa shape index (κ2) is 10.0. The maximum Gasteiger partial charge on any atom is 0.417 e. The molecule has 0 unspecified atom stereocenters. The zero-order valence-corrected chi connectivity index (χ0v) is 17.3. The van der Waals surface area contributed by atoms with Gasteiger partial charge in [-0.2, -0.15) is 18.4 Å². The van der Waals surface area contributed by atoms with E-state index in [2.05, 4.69) is 4.98 Å². The molecule has 1 aromatic carbocycles. The number of amides is 1. The van der Waals surface area contributed by atoms with Crippen LogP contribution in [-0.4, -0.2) is 55.7 Å². The molecule has 0 atom stereocenters. The molecule has 0 radical (unpaired) electrons. The Morgan fingerprint density at radius 3 is 2.53 bits per heavy atom. The highest BCUT2D eigenvalue weighted by atomic mass is 19.4. The van der Waals surface area contributed by atoms with E-state index in [-0.39, 0.29) is 12.5 Å². The predicted octanol–water partition coefficient (Wildman–Crippen LogP) is 3.37. The summed E-state index contributed by atoms with van der Waals surface area (Å²) in [6.07, 6.45) is -0.489. The van der Waals surface area contributed by atoms with Crippen molar-refractivity contribution in [3.63, 3.8) is 0 Å². The van der Waals surface area contributed by atoms with Crippen molar-refractivity contribution in [2.24, 2.45) is 0 Å². The molecule has 0 aliphatic carbocycles. The lowest BCUT2D eigenvalue weighted by Crippen LogP contribution is -2.48. The molecule has 1 saturated heterocycles. The van der Waals surface area contributed by atoms with Crippen LogP contribution in [0.1, 0.15) is 11.1 Å². The number of piperazine rings is 1. The quantitative estimate of drug-likeness (QED) is 0.633. The van der Waals surface area contributed by atoms with Crippen molar-refractivity contribution >= 4 is 17.8 Å². The molecule has 10 heteroatoms. The maximum absolute atomic E-state index is 12.7. The molecule has 0 spiro atoms. The summed E-state index contributed by atoms with van der Waals surface area (Å²) in [6, 6.07) is 9.34. The molecule has 1 amide bonds. The van der Waals surface area contributed by atoms with Gasteiger partial charge in [0, 0.05) is 38.5 Å². The van der Waals surface area contributed by atoms with E-state index < -0.39 is 11.7 Å². The number of nitrogens with zero attached hydrogens (tertiary/aromatic N) is 4. The van der Waals surface area contributed by atoms with Crippen LogP contribution < -0.4 is 14.4 Å². The maximum atomic E-state index is 12.7. The van der Waals surface area contributed by atoms with Gasteiger partial charge in [0.05, 0.1) is 12.7 Å². The Kier molecular flexibility index (Phi) is 7.20. The fourth-order valence-electron chi connectivity index (χ4n) is 3.19. The summed E-state index contributed by atoms with van der Waals surface area (Å²) in [7, 11) is 1.48.